The summed E-state index contributed by atoms with van der Waals surface area (Å²) >= 11 is 0. The lowest BCUT2D eigenvalue weighted by molar-refractivity contribution is 0.337. The van der Waals surface area contributed by atoms with Crippen LogP contribution in [0.25, 0.3) is 0 Å². The van der Waals surface area contributed by atoms with Crippen LogP contribution in [0.15, 0.2) is 48.2 Å². The van der Waals surface area contributed by atoms with E-state index in [2.05, 4.69) is 44.9 Å². The fourth-order valence-electron chi connectivity index (χ4n) is 1.77. The van der Waals surface area contributed by atoms with E-state index >= 15 is 0 Å². The van der Waals surface area contributed by atoms with Crippen LogP contribution in [0.2, 0.25) is 0 Å². The molecule has 14 heavy (non-hydrogen) atoms. The van der Waals surface area contributed by atoms with E-state index in [-0.39, 0.29) is 0 Å². The summed E-state index contributed by atoms with van der Waals surface area (Å²) in [7, 11) is 0. The van der Waals surface area contributed by atoms with E-state index in [9.17, 15) is 0 Å². The van der Waals surface area contributed by atoms with Gasteiger partial charge in [-0.3, -0.25) is 0 Å². The van der Waals surface area contributed by atoms with Gasteiger partial charge >= 0.3 is 0 Å². The predicted molar refractivity (Wildman–Crippen MR) is 63.0 cm³/mol. The average Bonchev–Trinajstić information content (AvgIpc) is 2.45. The third kappa shape index (κ3) is 1.82. The first kappa shape index (κ1) is 10.8. The molecule has 0 amide bonds. The van der Waals surface area contributed by atoms with Gasteiger partial charge in [0.15, 0.2) is 0 Å². The van der Waals surface area contributed by atoms with Crippen molar-refractivity contribution in [3.63, 3.8) is 0 Å². The Labute approximate surface area is 87.1 Å². The van der Waals surface area contributed by atoms with Crippen molar-refractivity contribution >= 4 is 0 Å². The van der Waals surface area contributed by atoms with E-state index < -0.39 is 0 Å². The Morgan fingerprint density at radius 3 is 2.50 bits per heavy atom. The Balaban J connectivity index is 3.03. The minimum absolute atomic E-state index is 0.508. The van der Waals surface area contributed by atoms with Gasteiger partial charge in [-0.15, -0.1) is 0 Å². The van der Waals surface area contributed by atoms with Gasteiger partial charge in [-0.2, -0.15) is 0 Å². The lowest BCUT2D eigenvalue weighted by atomic mass is 10.1. The van der Waals surface area contributed by atoms with Crippen LogP contribution in [0.3, 0.4) is 0 Å². The van der Waals surface area contributed by atoms with Gasteiger partial charge in [-0.05, 0) is 26.3 Å². The van der Waals surface area contributed by atoms with Crippen LogP contribution in [0.5, 0.6) is 0 Å². The third-order valence-electron chi connectivity index (χ3n) is 2.60. The van der Waals surface area contributed by atoms with E-state index in [0.717, 1.165) is 12.2 Å². The topological polar surface area (TPSA) is 3.24 Å². The van der Waals surface area contributed by atoms with E-state index in [1.54, 1.807) is 0 Å². The first-order chi connectivity index (χ1) is 6.61. The van der Waals surface area contributed by atoms with E-state index in [4.69, 9.17) is 0 Å². The number of hydrogen-bond acceptors (Lipinski definition) is 1. The van der Waals surface area contributed by atoms with Crippen LogP contribution in [0.4, 0.5) is 0 Å². The monoisotopic (exact) mass is 189 g/mol. The molecule has 0 atom stereocenters. The molecule has 1 aliphatic heterocycles. The van der Waals surface area contributed by atoms with Crippen molar-refractivity contribution in [3.05, 3.63) is 48.2 Å². The number of rotatable bonds is 2. The highest BCUT2D eigenvalue weighted by Crippen LogP contribution is 2.32. The average molecular weight is 189 g/mol. The van der Waals surface area contributed by atoms with Crippen molar-refractivity contribution in [1.82, 2.24) is 4.90 Å². The van der Waals surface area contributed by atoms with Crippen LogP contribution < -0.4 is 0 Å². The van der Waals surface area contributed by atoms with Gasteiger partial charge in [0.25, 0.3) is 0 Å². The fourth-order valence-corrected chi connectivity index (χ4v) is 1.77. The molecule has 1 fully saturated rings. The van der Waals surface area contributed by atoms with Gasteiger partial charge in [-0.25, -0.2) is 0 Å². The second kappa shape index (κ2) is 4.32. The van der Waals surface area contributed by atoms with Crippen LogP contribution in [0.1, 0.15) is 20.8 Å². The highest BCUT2D eigenvalue weighted by atomic mass is 15.2. The quantitative estimate of drug-likeness (QED) is 0.644. The molecule has 1 rings (SSSR count). The molecule has 0 N–H and O–H groups in total. The van der Waals surface area contributed by atoms with E-state index in [0.29, 0.717) is 6.04 Å². The summed E-state index contributed by atoms with van der Waals surface area (Å²) in [6.07, 6.45) is 6.02. The molecule has 76 valence electrons. The predicted octanol–water partition coefficient (Wildman–Crippen LogP) is 3.28. The molecule has 0 bridgehead atoms. The molecular weight excluding hydrogens is 170 g/mol. The van der Waals surface area contributed by atoms with Gasteiger partial charge in [0.2, 0.25) is 0 Å². The molecule has 0 spiro atoms. The smallest absolute Gasteiger partial charge is 0.0435 e. The minimum Gasteiger partial charge on any atom is -0.365 e. The van der Waals surface area contributed by atoms with Crippen molar-refractivity contribution in [2.24, 2.45) is 0 Å². The summed E-state index contributed by atoms with van der Waals surface area (Å²) in [5.74, 6) is 0. The number of likely N-dealkylation sites (tertiary alicyclic amines) is 1. The molecule has 0 unspecified atom stereocenters. The Morgan fingerprint density at radius 1 is 1.43 bits per heavy atom. The largest absolute Gasteiger partial charge is 0.365 e. The van der Waals surface area contributed by atoms with Crippen LogP contribution in [-0.2, 0) is 0 Å². The van der Waals surface area contributed by atoms with Crippen molar-refractivity contribution in [2.75, 3.05) is 6.54 Å². The number of nitrogens with zero attached hydrogens (tertiary/aromatic N) is 1. The van der Waals surface area contributed by atoms with Gasteiger partial charge in [0, 0.05) is 23.9 Å². The maximum Gasteiger partial charge on any atom is 0.0435 e. The zero-order valence-electron chi connectivity index (χ0n) is 9.38. The summed E-state index contributed by atoms with van der Waals surface area (Å²) in [4.78, 5) is 2.31. The lowest BCUT2D eigenvalue weighted by Crippen LogP contribution is -2.25. The van der Waals surface area contributed by atoms with Gasteiger partial charge in [0.05, 0.1) is 0 Å². The molecule has 0 radical (unpaired) electrons. The van der Waals surface area contributed by atoms with Crippen molar-refractivity contribution in [2.45, 2.75) is 26.8 Å². The molecule has 1 heteroatoms. The molecule has 0 aromatic heterocycles. The van der Waals surface area contributed by atoms with E-state index in [1.807, 2.05) is 12.2 Å². The SMILES string of the molecule is C=C/C=C1/C(=C)N(C(C)C)C/C1=C/C. The summed E-state index contributed by atoms with van der Waals surface area (Å²) in [5.41, 5.74) is 3.70. The Hall–Kier alpha value is -1.24. The fraction of sp³-hybridized carbons (Fsp3) is 0.385. The third-order valence-corrected chi connectivity index (χ3v) is 2.60. The molecular formula is C13H19N. The summed E-state index contributed by atoms with van der Waals surface area (Å²) in [5, 5.41) is 0. The van der Waals surface area contributed by atoms with Crippen molar-refractivity contribution in [1.29, 1.82) is 0 Å². The molecule has 0 aromatic carbocycles. The highest BCUT2D eigenvalue weighted by molar-refractivity contribution is 5.52. The minimum atomic E-state index is 0.508. The van der Waals surface area contributed by atoms with Crippen LogP contribution >= 0.6 is 0 Å². The maximum absolute atomic E-state index is 4.12. The van der Waals surface area contributed by atoms with Crippen LogP contribution in [0, 0.1) is 0 Å². The lowest BCUT2D eigenvalue weighted by Gasteiger charge is -2.23. The molecule has 0 aliphatic carbocycles. The van der Waals surface area contributed by atoms with Gasteiger partial charge in [0.1, 0.15) is 0 Å². The molecule has 1 saturated heterocycles. The molecule has 1 aliphatic rings. The first-order valence-corrected chi connectivity index (χ1v) is 5.06. The summed E-state index contributed by atoms with van der Waals surface area (Å²) in [6, 6.07) is 0.508. The normalized spacial score (nSPS) is 22.9. The van der Waals surface area contributed by atoms with Gasteiger partial charge < -0.3 is 4.90 Å². The summed E-state index contributed by atoms with van der Waals surface area (Å²) in [6.45, 7) is 15.3. The maximum atomic E-state index is 4.12. The molecule has 1 nitrogen and oxygen atoms in total. The second-order valence-electron chi connectivity index (χ2n) is 3.80. The van der Waals surface area contributed by atoms with Gasteiger partial charge in [-0.1, -0.05) is 31.4 Å². The summed E-state index contributed by atoms with van der Waals surface area (Å²) < 4.78 is 0. The second-order valence-corrected chi connectivity index (χ2v) is 3.80. The van der Waals surface area contributed by atoms with Crippen molar-refractivity contribution < 1.29 is 0 Å². The Kier molecular flexibility index (Phi) is 3.34. The number of allylic oxidation sites excluding steroid dienone is 4. The Morgan fingerprint density at radius 2 is 2.07 bits per heavy atom. The highest BCUT2D eigenvalue weighted by Gasteiger charge is 2.25. The zero-order valence-corrected chi connectivity index (χ0v) is 9.38. The zero-order chi connectivity index (χ0) is 10.7. The molecule has 0 aromatic rings. The van der Waals surface area contributed by atoms with Crippen molar-refractivity contribution in [3.8, 4) is 0 Å². The molecule has 1 heterocycles. The molecule has 0 saturated carbocycles. The first-order valence-electron chi connectivity index (χ1n) is 5.06. The van der Waals surface area contributed by atoms with Crippen LogP contribution in [-0.4, -0.2) is 17.5 Å². The number of hydrogen-bond donors (Lipinski definition) is 0. The standard InChI is InChI=1S/C13H19N/c1-6-8-13-11(5)14(10(3)4)9-12(13)7-2/h6-8,10H,1,5,9H2,2-4H3/b12-7-,13-8-. The van der Waals surface area contributed by atoms with E-state index in [1.165, 1.54) is 11.1 Å². The Bertz CT molecular complexity index is 305.